The Labute approximate surface area is 110 Å². The maximum atomic E-state index is 2.33. The molecule has 0 unspecified atom stereocenters. The molecular formula is C14H32ClN. The molecule has 0 aromatic rings. The van der Waals surface area contributed by atoms with Crippen LogP contribution in [0.15, 0.2) is 0 Å². The molecule has 16 heavy (non-hydrogen) atoms. The summed E-state index contributed by atoms with van der Waals surface area (Å²) in [5, 5.41) is 0. The minimum atomic E-state index is 0. The minimum Gasteiger partial charge on any atom is -1.00 e. The molecule has 0 aliphatic rings. The Kier molecular flexibility index (Phi) is 13.6. The Hall–Kier alpha value is 0.250. The molecule has 0 spiro atoms. The second-order valence-corrected chi connectivity index (χ2v) is 4.94. The van der Waals surface area contributed by atoms with Crippen LogP contribution in [0.4, 0.5) is 0 Å². The molecule has 2 heteroatoms. The van der Waals surface area contributed by atoms with Crippen molar-refractivity contribution in [3.63, 3.8) is 0 Å². The molecule has 0 fully saturated rings. The zero-order valence-corrected chi connectivity index (χ0v) is 12.7. The van der Waals surface area contributed by atoms with Gasteiger partial charge in [0.2, 0.25) is 0 Å². The molecule has 0 aromatic carbocycles. The predicted molar refractivity (Wildman–Crippen MR) is 70.1 cm³/mol. The molecule has 0 N–H and O–H groups in total. The van der Waals surface area contributed by atoms with Gasteiger partial charge >= 0.3 is 0 Å². The summed E-state index contributed by atoms with van der Waals surface area (Å²) in [6.07, 6.45) is 8.21. The zero-order valence-electron chi connectivity index (χ0n) is 11.9. The van der Waals surface area contributed by atoms with Crippen molar-refractivity contribution >= 4 is 0 Å². The first kappa shape index (κ1) is 18.6. The zero-order chi connectivity index (χ0) is 11.6. The molecule has 0 radical (unpaired) electrons. The monoisotopic (exact) mass is 249 g/mol. The number of rotatable bonds is 10. The van der Waals surface area contributed by atoms with Gasteiger partial charge in [-0.1, -0.05) is 34.1 Å². The highest BCUT2D eigenvalue weighted by Crippen LogP contribution is 2.14. The molecule has 0 saturated heterocycles. The summed E-state index contributed by atoms with van der Waals surface area (Å²) in [4.78, 5) is 0. The van der Waals surface area contributed by atoms with Gasteiger partial charge in [-0.2, -0.15) is 0 Å². The molecule has 0 saturated carbocycles. The van der Waals surface area contributed by atoms with Crippen molar-refractivity contribution in [3.05, 3.63) is 0 Å². The topological polar surface area (TPSA) is 0 Å². The standard InChI is InChI=1S/C14H32N.ClH/c1-5-9-10-14-15(11-6-2,12-7-3)13-8-4;/h5-14H2,1-4H3;1H/q+1;/p-1. The van der Waals surface area contributed by atoms with Crippen molar-refractivity contribution in [3.8, 4) is 0 Å². The predicted octanol–water partition coefficient (Wildman–Crippen LogP) is 1.23. The highest BCUT2D eigenvalue weighted by Gasteiger charge is 2.23. The van der Waals surface area contributed by atoms with Crippen LogP contribution in [0.3, 0.4) is 0 Å². The quantitative estimate of drug-likeness (QED) is 0.404. The summed E-state index contributed by atoms with van der Waals surface area (Å²) in [7, 11) is 0. The molecule has 0 rings (SSSR count). The van der Waals surface area contributed by atoms with Crippen LogP contribution >= 0.6 is 0 Å². The lowest BCUT2D eigenvalue weighted by molar-refractivity contribution is -0.928. The summed E-state index contributed by atoms with van der Waals surface area (Å²) in [6, 6.07) is 0. The van der Waals surface area contributed by atoms with Gasteiger partial charge in [0.1, 0.15) is 0 Å². The van der Waals surface area contributed by atoms with Gasteiger partial charge < -0.3 is 16.9 Å². The lowest BCUT2D eigenvalue weighted by Gasteiger charge is -2.38. The van der Waals surface area contributed by atoms with E-state index in [4.69, 9.17) is 0 Å². The maximum absolute atomic E-state index is 2.33. The van der Waals surface area contributed by atoms with Crippen molar-refractivity contribution < 1.29 is 16.9 Å². The Morgan fingerprint density at radius 3 is 1.31 bits per heavy atom. The molecule has 0 amide bonds. The first-order chi connectivity index (χ1) is 7.24. The Bertz CT molecular complexity index is 120. The molecule has 0 aliphatic carbocycles. The summed E-state index contributed by atoms with van der Waals surface area (Å²) in [5.74, 6) is 0. The highest BCUT2D eigenvalue weighted by molar-refractivity contribution is 4.46. The van der Waals surface area contributed by atoms with Gasteiger partial charge in [-0.15, -0.1) is 0 Å². The fourth-order valence-corrected chi connectivity index (χ4v) is 2.79. The van der Waals surface area contributed by atoms with E-state index in [1.165, 1.54) is 69.2 Å². The third-order valence-electron chi connectivity index (χ3n) is 3.33. The number of nitrogens with zero attached hydrogens (tertiary/aromatic N) is 1. The second kappa shape index (κ2) is 11.7. The first-order valence-electron chi connectivity index (χ1n) is 7.09. The molecule has 1 nitrogen and oxygen atoms in total. The molecular weight excluding hydrogens is 218 g/mol. The van der Waals surface area contributed by atoms with Gasteiger partial charge in [0.15, 0.2) is 0 Å². The third kappa shape index (κ3) is 7.51. The lowest BCUT2D eigenvalue weighted by atomic mass is 10.1. The lowest BCUT2D eigenvalue weighted by Crippen LogP contribution is -3.00. The van der Waals surface area contributed by atoms with Crippen LogP contribution in [0, 0.1) is 0 Å². The number of unbranched alkanes of at least 4 members (excludes halogenated alkanes) is 2. The number of quaternary nitrogens is 1. The SMILES string of the molecule is CCCCC[N+](CCC)(CCC)CCC.[Cl-]. The van der Waals surface area contributed by atoms with E-state index in [0.717, 1.165) is 0 Å². The van der Waals surface area contributed by atoms with E-state index in [1.54, 1.807) is 0 Å². The van der Waals surface area contributed by atoms with E-state index in [9.17, 15) is 0 Å². The van der Waals surface area contributed by atoms with E-state index in [0.29, 0.717) is 0 Å². The summed E-state index contributed by atoms with van der Waals surface area (Å²) in [6.45, 7) is 14.9. The fraction of sp³-hybridized carbons (Fsp3) is 1.00. The molecule has 0 aromatic heterocycles. The smallest absolute Gasteiger partial charge is 0.0786 e. The van der Waals surface area contributed by atoms with Crippen molar-refractivity contribution in [2.75, 3.05) is 26.2 Å². The fourth-order valence-electron chi connectivity index (χ4n) is 2.79. The minimum absolute atomic E-state index is 0. The Morgan fingerprint density at radius 2 is 1.00 bits per heavy atom. The number of hydrogen-bond donors (Lipinski definition) is 0. The average molecular weight is 250 g/mol. The van der Waals surface area contributed by atoms with Gasteiger partial charge in [0.25, 0.3) is 0 Å². The van der Waals surface area contributed by atoms with Crippen molar-refractivity contribution in [1.29, 1.82) is 0 Å². The number of halogens is 1. The van der Waals surface area contributed by atoms with Crippen LogP contribution in [-0.2, 0) is 0 Å². The van der Waals surface area contributed by atoms with Crippen LogP contribution in [0.1, 0.15) is 66.2 Å². The summed E-state index contributed by atoms with van der Waals surface area (Å²) in [5.41, 5.74) is 0. The number of hydrogen-bond acceptors (Lipinski definition) is 0. The Balaban J connectivity index is 0. The van der Waals surface area contributed by atoms with E-state index in [1.807, 2.05) is 0 Å². The molecule has 0 atom stereocenters. The van der Waals surface area contributed by atoms with Gasteiger partial charge in [-0.3, -0.25) is 0 Å². The van der Waals surface area contributed by atoms with Crippen LogP contribution in [0.25, 0.3) is 0 Å². The van der Waals surface area contributed by atoms with E-state index >= 15 is 0 Å². The van der Waals surface area contributed by atoms with Crippen LogP contribution in [0.2, 0.25) is 0 Å². The van der Waals surface area contributed by atoms with Crippen LogP contribution in [-0.4, -0.2) is 30.7 Å². The van der Waals surface area contributed by atoms with E-state index < -0.39 is 0 Å². The Morgan fingerprint density at radius 1 is 0.562 bits per heavy atom. The summed E-state index contributed by atoms with van der Waals surface area (Å²) < 4.78 is 1.39. The average Bonchev–Trinajstić information content (AvgIpc) is 2.19. The normalized spacial score (nSPS) is 11.2. The van der Waals surface area contributed by atoms with Gasteiger partial charge in [0, 0.05) is 0 Å². The van der Waals surface area contributed by atoms with E-state index in [-0.39, 0.29) is 12.4 Å². The maximum Gasteiger partial charge on any atom is 0.0786 e. The third-order valence-corrected chi connectivity index (χ3v) is 3.33. The largest absolute Gasteiger partial charge is 1.00 e. The highest BCUT2D eigenvalue weighted by atomic mass is 35.5. The molecule has 0 heterocycles. The second-order valence-electron chi connectivity index (χ2n) is 4.94. The summed E-state index contributed by atoms with van der Waals surface area (Å²) >= 11 is 0. The molecule has 0 aliphatic heterocycles. The van der Waals surface area contributed by atoms with Gasteiger partial charge in [0.05, 0.1) is 26.2 Å². The van der Waals surface area contributed by atoms with Crippen molar-refractivity contribution in [2.24, 2.45) is 0 Å². The van der Waals surface area contributed by atoms with Gasteiger partial charge in [-0.05, 0) is 32.1 Å². The van der Waals surface area contributed by atoms with E-state index in [2.05, 4.69) is 27.7 Å². The first-order valence-corrected chi connectivity index (χ1v) is 7.09. The van der Waals surface area contributed by atoms with Gasteiger partial charge in [-0.25, -0.2) is 0 Å². The van der Waals surface area contributed by atoms with Crippen molar-refractivity contribution in [2.45, 2.75) is 66.2 Å². The van der Waals surface area contributed by atoms with Crippen LogP contribution < -0.4 is 12.4 Å². The van der Waals surface area contributed by atoms with Crippen LogP contribution in [0.5, 0.6) is 0 Å². The molecule has 100 valence electrons. The molecule has 0 bridgehead atoms. The van der Waals surface area contributed by atoms with Crippen molar-refractivity contribution in [1.82, 2.24) is 0 Å².